The molecular weight excluding hydrogens is 392 g/mol. The van der Waals surface area contributed by atoms with E-state index >= 15 is 0 Å². The Kier molecular flexibility index (Phi) is 10.5. The Morgan fingerprint density at radius 2 is 1.73 bits per heavy atom. The zero-order valence-corrected chi connectivity index (χ0v) is 19.2. The Bertz CT molecular complexity index is 795. The van der Waals surface area contributed by atoms with Gasteiger partial charge in [0.15, 0.2) is 0 Å². The SMILES string of the molecule is CCCNC(=O)[C@H](CC)N(CCc1ccccc1)C(=O)CSCc1ccccc1C. The first-order valence-corrected chi connectivity index (χ1v) is 12.0. The molecule has 0 saturated heterocycles. The van der Waals surface area contributed by atoms with E-state index in [0.29, 0.717) is 25.3 Å². The van der Waals surface area contributed by atoms with Crippen LogP contribution in [-0.4, -0.2) is 41.6 Å². The molecule has 1 atom stereocenters. The molecule has 2 aromatic rings. The molecule has 0 unspecified atom stereocenters. The van der Waals surface area contributed by atoms with Gasteiger partial charge >= 0.3 is 0 Å². The van der Waals surface area contributed by atoms with Crippen LogP contribution >= 0.6 is 11.8 Å². The zero-order chi connectivity index (χ0) is 21.8. The van der Waals surface area contributed by atoms with Gasteiger partial charge in [-0.05, 0) is 42.9 Å². The van der Waals surface area contributed by atoms with Crippen LogP contribution in [0.25, 0.3) is 0 Å². The summed E-state index contributed by atoms with van der Waals surface area (Å²) in [5.74, 6) is 1.15. The fraction of sp³-hybridized carbons (Fsp3) is 0.440. The van der Waals surface area contributed by atoms with E-state index in [1.54, 1.807) is 16.7 Å². The predicted molar refractivity (Wildman–Crippen MR) is 127 cm³/mol. The third-order valence-electron chi connectivity index (χ3n) is 5.16. The molecule has 2 rings (SSSR count). The van der Waals surface area contributed by atoms with Gasteiger partial charge in [-0.1, -0.05) is 68.4 Å². The maximum absolute atomic E-state index is 13.1. The molecule has 30 heavy (non-hydrogen) atoms. The summed E-state index contributed by atoms with van der Waals surface area (Å²) in [6.45, 7) is 7.28. The molecule has 0 bridgehead atoms. The highest BCUT2D eigenvalue weighted by Crippen LogP contribution is 2.18. The van der Waals surface area contributed by atoms with Gasteiger partial charge in [0.05, 0.1) is 5.75 Å². The minimum Gasteiger partial charge on any atom is -0.354 e. The predicted octanol–water partition coefficient (Wildman–Crippen LogP) is 4.60. The Morgan fingerprint density at radius 1 is 1.03 bits per heavy atom. The Hall–Kier alpha value is -2.27. The van der Waals surface area contributed by atoms with E-state index in [0.717, 1.165) is 18.6 Å². The number of carbonyl (C=O) groups excluding carboxylic acids is 2. The molecule has 0 aromatic heterocycles. The molecule has 0 aliphatic rings. The number of hydrogen-bond acceptors (Lipinski definition) is 3. The third-order valence-corrected chi connectivity index (χ3v) is 6.13. The van der Waals surface area contributed by atoms with Gasteiger partial charge in [0.2, 0.25) is 11.8 Å². The summed E-state index contributed by atoms with van der Waals surface area (Å²) < 4.78 is 0. The van der Waals surface area contributed by atoms with E-state index in [2.05, 4.69) is 36.5 Å². The summed E-state index contributed by atoms with van der Waals surface area (Å²) in [7, 11) is 0. The van der Waals surface area contributed by atoms with Gasteiger partial charge in [-0.15, -0.1) is 11.8 Å². The van der Waals surface area contributed by atoms with Crippen molar-refractivity contribution in [1.29, 1.82) is 0 Å². The molecule has 1 N–H and O–H groups in total. The van der Waals surface area contributed by atoms with Crippen molar-refractivity contribution in [3.8, 4) is 0 Å². The summed E-state index contributed by atoms with van der Waals surface area (Å²) in [6.07, 6.45) is 2.23. The topological polar surface area (TPSA) is 49.4 Å². The number of nitrogens with one attached hydrogen (secondary N) is 1. The summed E-state index contributed by atoms with van der Waals surface area (Å²) in [5, 5.41) is 2.97. The maximum Gasteiger partial charge on any atom is 0.242 e. The molecule has 2 aromatic carbocycles. The van der Waals surface area contributed by atoms with Crippen molar-refractivity contribution in [2.45, 2.75) is 51.8 Å². The van der Waals surface area contributed by atoms with Gasteiger partial charge in [-0.25, -0.2) is 0 Å². The van der Waals surface area contributed by atoms with Gasteiger partial charge in [0, 0.05) is 18.8 Å². The monoisotopic (exact) mass is 426 g/mol. The summed E-state index contributed by atoms with van der Waals surface area (Å²) in [4.78, 5) is 27.6. The molecule has 0 radical (unpaired) electrons. The fourth-order valence-electron chi connectivity index (χ4n) is 3.37. The summed E-state index contributed by atoms with van der Waals surface area (Å²) in [6, 6.07) is 18.0. The number of hydrogen-bond donors (Lipinski definition) is 1. The van der Waals surface area contributed by atoms with Crippen molar-refractivity contribution in [2.75, 3.05) is 18.8 Å². The average molecular weight is 427 g/mol. The first kappa shape index (κ1) is 24.0. The van der Waals surface area contributed by atoms with Gasteiger partial charge in [0.25, 0.3) is 0 Å². The Morgan fingerprint density at radius 3 is 2.40 bits per heavy atom. The number of benzene rings is 2. The van der Waals surface area contributed by atoms with Crippen LogP contribution in [0, 0.1) is 6.92 Å². The van der Waals surface area contributed by atoms with Crippen LogP contribution in [0.3, 0.4) is 0 Å². The molecule has 5 heteroatoms. The first-order valence-electron chi connectivity index (χ1n) is 10.8. The van der Waals surface area contributed by atoms with Crippen LogP contribution < -0.4 is 5.32 Å². The number of thioether (sulfide) groups is 1. The smallest absolute Gasteiger partial charge is 0.242 e. The molecule has 4 nitrogen and oxygen atoms in total. The van der Waals surface area contributed by atoms with Crippen LogP contribution in [0.5, 0.6) is 0 Å². The standard InChI is InChI=1S/C25H34N2O2S/c1-4-16-26-25(29)23(5-2)27(17-15-21-12-7-6-8-13-21)24(28)19-30-18-22-14-10-9-11-20(22)3/h6-14,23H,4-5,15-19H2,1-3H3,(H,26,29)/t23-/m0/s1. The van der Waals surface area contributed by atoms with Crippen molar-refractivity contribution in [3.05, 3.63) is 71.3 Å². The lowest BCUT2D eigenvalue weighted by molar-refractivity contribution is -0.138. The quantitative estimate of drug-likeness (QED) is 0.539. The number of carbonyl (C=O) groups is 2. The molecule has 162 valence electrons. The number of nitrogens with zero attached hydrogens (tertiary/aromatic N) is 1. The molecule has 0 saturated carbocycles. The van der Waals surface area contributed by atoms with E-state index in [9.17, 15) is 9.59 Å². The minimum absolute atomic E-state index is 0.0306. The van der Waals surface area contributed by atoms with Crippen LogP contribution in [0.4, 0.5) is 0 Å². The molecule has 0 spiro atoms. The van der Waals surface area contributed by atoms with Gasteiger partial charge in [-0.3, -0.25) is 9.59 Å². The lowest BCUT2D eigenvalue weighted by Gasteiger charge is -2.30. The maximum atomic E-state index is 13.1. The van der Waals surface area contributed by atoms with Crippen LogP contribution in [0.1, 0.15) is 43.4 Å². The fourth-order valence-corrected chi connectivity index (χ4v) is 4.35. The van der Waals surface area contributed by atoms with E-state index in [-0.39, 0.29) is 11.8 Å². The minimum atomic E-state index is -0.424. The number of rotatable bonds is 12. The Balaban J connectivity index is 2.04. The van der Waals surface area contributed by atoms with E-state index in [1.165, 1.54) is 16.7 Å². The molecule has 0 aliphatic carbocycles. The second-order valence-electron chi connectivity index (χ2n) is 7.46. The zero-order valence-electron chi connectivity index (χ0n) is 18.4. The van der Waals surface area contributed by atoms with E-state index in [1.807, 2.05) is 44.2 Å². The highest BCUT2D eigenvalue weighted by molar-refractivity contribution is 7.99. The summed E-state index contributed by atoms with van der Waals surface area (Å²) >= 11 is 1.61. The van der Waals surface area contributed by atoms with E-state index < -0.39 is 6.04 Å². The van der Waals surface area contributed by atoms with Crippen molar-refractivity contribution >= 4 is 23.6 Å². The second kappa shape index (κ2) is 13.1. The van der Waals surface area contributed by atoms with Crippen LogP contribution in [0.15, 0.2) is 54.6 Å². The number of amides is 2. The lowest BCUT2D eigenvalue weighted by Crippen LogP contribution is -2.50. The molecule has 2 amide bonds. The molecule has 0 aliphatic heterocycles. The van der Waals surface area contributed by atoms with Crippen LogP contribution in [-0.2, 0) is 21.8 Å². The van der Waals surface area contributed by atoms with Gasteiger partial charge < -0.3 is 10.2 Å². The van der Waals surface area contributed by atoms with E-state index in [4.69, 9.17) is 0 Å². The normalized spacial score (nSPS) is 11.7. The van der Waals surface area contributed by atoms with Crippen molar-refractivity contribution in [3.63, 3.8) is 0 Å². The van der Waals surface area contributed by atoms with Gasteiger partial charge in [-0.2, -0.15) is 0 Å². The molecule has 0 heterocycles. The highest BCUT2D eigenvalue weighted by Gasteiger charge is 2.27. The second-order valence-corrected chi connectivity index (χ2v) is 8.44. The van der Waals surface area contributed by atoms with Gasteiger partial charge in [0.1, 0.15) is 6.04 Å². The molecular formula is C25H34N2O2S. The number of aryl methyl sites for hydroxylation is 1. The van der Waals surface area contributed by atoms with Crippen molar-refractivity contribution in [2.24, 2.45) is 0 Å². The largest absolute Gasteiger partial charge is 0.354 e. The first-order chi connectivity index (χ1) is 14.6. The Labute approximate surface area is 185 Å². The van der Waals surface area contributed by atoms with Crippen LogP contribution in [0.2, 0.25) is 0 Å². The average Bonchev–Trinajstić information content (AvgIpc) is 2.76. The third kappa shape index (κ3) is 7.52. The summed E-state index contributed by atoms with van der Waals surface area (Å²) in [5.41, 5.74) is 3.66. The van der Waals surface area contributed by atoms with Crippen molar-refractivity contribution < 1.29 is 9.59 Å². The lowest BCUT2D eigenvalue weighted by atomic mass is 10.1. The molecule has 0 fully saturated rings. The highest BCUT2D eigenvalue weighted by atomic mass is 32.2. The van der Waals surface area contributed by atoms with Crippen molar-refractivity contribution in [1.82, 2.24) is 10.2 Å².